The van der Waals surface area contributed by atoms with Crippen LogP contribution in [-0.4, -0.2) is 29.1 Å². The van der Waals surface area contributed by atoms with E-state index in [4.69, 9.17) is 0 Å². The van der Waals surface area contributed by atoms with Gasteiger partial charge in [-0.3, -0.25) is 9.69 Å². The maximum Gasteiger partial charge on any atom is 0.325 e. The van der Waals surface area contributed by atoms with Crippen LogP contribution in [0.3, 0.4) is 0 Å². The molecule has 3 nitrogen and oxygen atoms in total. The van der Waals surface area contributed by atoms with Gasteiger partial charge in [0.15, 0.2) is 0 Å². The zero-order valence-electron chi connectivity index (χ0n) is 9.98. The molecule has 1 N–H and O–H groups in total. The summed E-state index contributed by atoms with van der Waals surface area (Å²) in [6, 6.07) is 4.18. The maximum atomic E-state index is 13.2. The topological polar surface area (TPSA) is 40.5 Å². The molecule has 0 heterocycles. The van der Waals surface area contributed by atoms with Gasteiger partial charge in [0.25, 0.3) is 0 Å². The van der Waals surface area contributed by atoms with Crippen LogP contribution in [0.25, 0.3) is 0 Å². The van der Waals surface area contributed by atoms with E-state index in [0.717, 1.165) is 12.8 Å². The van der Waals surface area contributed by atoms with Gasteiger partial charge in [-0.05, 0) is 44.0 Å². The Morgan fingerprint density at radius 2 is 2.18 bits per heavy atom. The van der Waals surface area contributed by atoms with Crippen LogP contribution in [0.15, 0.2) is 18.2 Å². The second-order valence-corrected chi connectivity index (χ2v) is 4.65. The molecule has 92 valence electrons. The number of carboxylic acids is 1. The normalized spacial score (nSPS) is 17.2. The zero-order valence-corrected chi connectivity index (χ0v) is 9.98. The summed E-state index contributed by atoms with van der Waals surface area (Å²) >= 11 is 0. The van der Waals surface area contributed by atoms with Gasteiger partial charge >= 0.3 is 5.97 Å². The van der Waals surface area contributed by atoms with E-state index in [2.05, 4.69) is 0 Å². The van der Waals surface area contributed by atoms with Gasteiger partial charge in [-0.15, -0.1) is 0 Å². The van der Waals surface area contributed by atoms with Crippen molar-refractivity contribution in [2.45, 2.75) is 31.8 Å². The first-order valence-electron chi connectivity index (χ1n) is 5.71. The number of benzene rings is 1. The molecule has 1 atom stereocenters. The number of nitrogens with zero attached hydrogens (tertiary/aromatic N) is 1. The molecule has 1 aliphatic rings. The van der Waals surface area contributed by atoms with Gasteiger partial charge in [0.2, 0.25) is 0 Å². The lowest BCUT2D eigenvalue weighted by molar-refractivity contribution is -0.143. The van der Waals surface area contributed by atoms with Crippen molar-refractivity contribution in [3.63, 3.8) is 0 Å². The summed E-state index contributed by atoms with van der Waals surface area (Å²) in [4.78, 5) is 13.2. The van der Waals surface area contributed by atoms with Gasteiger partial charge in [0.1, 0.15) is 11.9 Å². The van der Waals surface area contributed by atoms with Crippen LogP contribution < -0.4 is 0 Å². The molecule has 1 aromatic carbocycles. The highest BCUT2D eigenvalue weighted by Gasteiger charge is 2.35. The van der Waals surface area contributed by atoms with Crippen LogP contribution in [0.2, 0.25) is 0 Å². The van der Waals surface area contributed by atoms with Crippen LogP contribution in [-0.2, 0) is 4.79 Å². The van der Waals surface area contributed by atoms with Gasteiger partial charge in [0, 0.05) is 6.04 Å². The van der Waals surface area contributed by atoms with E-state index in [1.165, 1.54) is 6.07 Å². The Bertz CT molecular complexity index is 443. The van der Waals surface area contributed by atoms with E-state index in [1.54, 1.807) is 19.1 Å². The van der Waals surface area contributed by atoms with Crippen molar-refractivity contribution in [1.29, 1.82) is 0 Å². The molecule has 2 rings (SSSR count). The highest BCUT2D eigenvalue weighted by atomic mass is 19.1. The average molecular weight is 237 g/mol. The quantitative estimate of drug-likeness (QED) is 0.873. The summed E-state index contributed by atoms with van der Waals surface area (Å²) in [6.45, 7) is 1.65. The Morgan fingerprint density at radius 1 is 1.53 bits per heavy atom. The van der Waals surface area contributed by atoms with Crippen LogP contribution in [0.4, 0.5) is 4.39 Å². The molecular weight excluding hydrogens is 221 g/mol. The molecule has 0 aliphatic heterocycles. The summed E-state index contributed by atoms with van der Waals surface area (Å²) in [5.74, 6) is -1.18. The Hall–Kier alpha value is -1.42. The maximum absolute atomic E-state index is 13.2. The Balaban J connectivity index is 2.31. The molecule has 0 aromatic heterocycles. The molecule has 0 amide bonds. The summed E-state index contributed by atoms with van der Waals surface area (Å²) in [5.41, 5.74) is 1.13. The largest absolute Gasteiger partial charge is 0.480 e. The van der Waals surface area contributed by atoms with Crippen LogP contribution >= 0.6 is 0 Å². The molecule has 1 fully saturated rings. The molecule has 1 saturated carbocycles. The minimum Gasteiger partial charge on any atom is -0.480 e. The van der Waals surface area contributed by atoms with E-state index in [1.807, 2.05) is 11.9 Å². The fraction of sp³-hybridized carbons (Fsp3) is 0.462. The summed E-state index contributed by atoms with van der Waals surface area (Å²) in [7, 11) is 1.81. The van der Waals surface area contributed by atoms with Crippen LogP contribution in [0.5, 0.6) is 0 Å². The minimum atomic E-state index is -0.884. The number of carbonyl (C=O) groups is 1. The minimum absolute atomic E-state index is 0.299. The third kappa shape index (κ3) is 2.47. The molecule has 1 aliphatic carbocycles. The van der Waals surface area contributed by atoms with Gasteiger partial charge in [0.05, 0.1) is 0 Å². The Morgan fingerprint density at radius 3 is 2.65 bits per heavy atom. The third-order valence-electron chi connectivity index (χ3n) is 3.26. The molecule has 0 bridgehead atoms. The van der Waals surface area contributed by atoms with Crippen molar-refractivity contribution >= 4 is 5.97 Å². The van der Waals surface area contributed by atoms with E-state index in [0.29, 0.717) is 17.2 Å². The summed E-state index contributed by atoms with van der Waals surface area (Å²) < 4.78 is 13.2. The fourth-order valence-corrected chi connectivity index (χ4v) is 2.08. The highest BCUT2D eigenvalue weighted by Crippen LogP contribution is 2.33. The monoisotopic (exact) mass is 237 g/mol. The lowest BCUT2D eigenvalue weighted by Gasteiger charge is -2.25. The molecule has 0 saturated heterocycles. The number of aliphatic carboxylic acids is 1. The highest BCUT2D eigenvalue weighted by molar-refractivity contribution is 5.75. The van der Waals surface area contributed by atoms with E-state index < -0.39 is 12.0 Å². The van der Waals surface area contributed by atoms with E-state index >= 15 is 0 Å². The molecule has 0 spiro atoms. The van der Waals surface area contributed by atoms with Gasteiger partial charge < -0.3 is 5.11 Å². The van der Waals surface area contributed by atoms with Gasteiger partial charge in [-0.2, -0.15) is 0 Å². The lowest BCUT2D eigenvalue weighted by atomic mass is 10.0. The SMILES string of the molecule is Cc1cc(C(C(=O)O)N(C)C2CC2)ccc1F. The number of halogens is 1. The van der Waals surface area contributed by atoms with Crippen LogP contribution in [0, 0.1) is 12.7 Å². The molecule has 1 unspecified atom stereocenters. The van der Waals surface area contributed by atoms with Crippen molar-refractivity contribution in [2.24, 2.45) is 0 Å². The first kappa shape index (κ1) is 12.0. The number of carboxylic acid groups (broad SMARTS) is 1. The number of likely N-dealkylation sites (N-methyl/N-ethyl adjacent to an activating group) is 1. The van der Waals surface area contributed by atoms with Crippen LogP contribution in [0.1, 0.15) is 30.0 Å². The summed E-state index contributed by atoms with van der Waals surface area (Å²) in [5, 5.41) is 9.30. The molecular formula is C13H16FNO2. The van der Waals surface area contributed by atoms with Gasteiger partial charge in [-0.25, -0.2) is 4.39 Å². The predicted octanol–water partition coefficient (Wildman–Crippen LogP) is 2.35. The van der Waals surface area contributed by atoms with Crippen molar-refractivity contribution in [1.82, 2.24) is 4.90 Å². The molecule has 1 aromatic rings. The second kappa shape index (κ2) is 4.45. The molecule has 17 heavy (non-hydrogen) atoms. The van der Waals surface area contributed by atoms with E-state index in [9.17, 15) is 14.3 Å². The third-order valence-corrected chi connectivity index (χ3v) is 3.26. The second-order valence-electron chi connectivity index (χ2n) is 4.65. The zero-order chi connectivity index (χ0) is 12.6. The molecule has 0 radical (unpaired) electrons. The number of hydrogen-bond donors (Lipinski definition) is 1. The first-order chi connectivity index (χ1) is 8.00. The number of aryl methyl sites for hydroxylation is 1. The Labute approximate surface area is 99.9 Å². The smallest absolute Gasteiger partial charge is 0.325 e. The Kier molecular flexibility index (Phi) is 3.15. The van der Waals surface area contributed by atoms with Crippen molar-refractivity contribution in [3.8, 4) is 0 Å². The summed E-state index contributed by atoms with van der Waals surface area (Å²) in [6.07, 6.45) is 2.08. The lowest BCUT2D eigenvalue weighted by Crippen LogP contribution is -2.32. The first-order valence-corrected chi connectivity index (χ1v) is 5.71. The van der Waals surface area contributed by atoms with Crippen molar-refractivity contribution in [2.75, 3.05) is 7.05 Å². The van der Waals surface area contributed by atoms with Crippen molar-refractivity contribution < 1.29 is 14.3 Å². The van der Waals surface area contributed by atoms with Crippen molar-refractivity contribution in [3.05, 3.63) is 35.1 Å². The number of rotatable bonds is 4. The van der Waals surface area contributed by atoms with Gasteiger partial charge in [-0.1, -0.05) is 12.1 Å². The van der Waals surface area contributed by atoms with E-state index in [-0.39, 0.29) is 5.82 Å². The standard InChI is InChI=1S/C13H16FNO2/c1-8-7-9(3-6-11(8)14)12(13(16)17)15(2)10-4-5-10/h3,6-7,10,12H,4-5H2,1-2H3,(H,16,17). The average Bonchev–Trinajstić information content (AvgIpc) is 3.06. The number of hydrogen-bond acceptors (Lipinski definition) is 2. The predicted molar refractivity (Wildman–Crippen MR) is 62.3 cm³/mol. The molecule has 4 heteroatoms. The fourth-order valence-electron chi connectivity index (χ4n) is 2.08.